The second-order valence-electron chi connectivity index (χ2n) is 2.39. The van der Waals surface area contributed by atoms with Gasteiger partial charge < -0.3 is 4.74 Å². The molecule has 0 N–H and O–H groups in total. The minimum atomic E-state index is 0.0464. The van der Waals surface area contributed by atoms with Crippen LogP contribution in [0.25, 0.3) is 0 Å². The van der Waals surface area contributed by atoms with Gasteiger partial charge in [-0.05, 0) is 24.6 Å². The van der Waals surface area contributed by atoms with E-state index in [4.69, 9.17) is 16.3 Å². The average Bonchev–Trinajstić information content (AvgIpc) is 2.05. The van der Waals surface area contributed by atoms with Crippen LogP contribution in [0, 0.1) is 0 Å². The Morgan fingerprint density at radius 2 is 2.18 bits per heavy atom. The molecule has 0 aliphatic heterocycles. The molecule has 0 fully saturated rings. The molecule has 1 nitrogen and oxygen atoms in total. The van der Waals surface area contributed by atoms with E-state index in [1.54, 1.807) is 7.11 Å². The zero-order valence-electron chi connectivity index (χ0n) is 6.67. The normalized spacial score (nSPS) is 12.6. The molecule has 0 unspecified atom stereocenters. The predicted octanol–water partition coefficient (Wildman–Crippen LogP) is 3.00. The van der Waals surface area contributed by atoms with Gasteiger partial charge in [0, 0.05) is 0 Å². The molecule has 1 aromatic carbocycles. The van der Waals surface area contributed by atoms with Gasteiger partial charge in [0.2, 0.25) is 0 Å². The van der Waals surface area contributed by atoms with E-state index in [0.29, 0.717) is 0 Å². The van der Waals surface area contributed by atoms with E-state index in [-0.39, 0.29) is 5.38 Å². The quantitative estimate of drug-likeness (QED) is 0.620. The fraction of sp³-hybridized carbons (Fsp3) is 0.333. The summed E-state index contributed by atoms with van der Waals surface area (Å²) in [7, 11) is 1.65. The maximum absolute atomic E-state index is 5.88. The highest BCUT2D eigenvalue weighted by Gasteiger charge is 2.00. The van der Waals surface area contributed by atoms with Crippen molar-refractivity contribution >= 4 is 11.6 Å². The van der Waals surface area contributed by atoms with Crippen molar-refractivity contribution in [2.75, 3.05) is 7.11 Å². The second-order valence-corrected chi connectivity index (χ2v) is 3.05. The SMILES string of the molecule is COc1cccc([C@@H](C)Cl)c1. The minimum absolute atomic E-state index is 0.0464. The number of ether oxygens (including phenoxy) is 1. The lowest BCUT2D eigenvalue weighted by Gasteiger charge is -2.04. The number of hydrogen-bond donors (Lipinski definition) is 0. The van der Waals surface area contributed by atoms with Crippen molar-refractivity contribution in [1.82, 2.24) is 0 Å². The summed E-state index contributed by atoms with van der Waals surface area (Å²) in [5.74, 6) is 0.856. The van der Waals surface area contributed by atoms with Gasteiger partial charge in [-0.15, -0.1) is 11.6 Å². The highest BCUT2D eigenvalue weighted by molar-refractivity contribution is 6.20. The molecule has 0 saturated heterocycles. The van der Waals surface area contributed by atoms with Crippen LogP contribution in [0.2, 0.25) is 0 Å². The number of benzene rings is 1. The van der Waals surface area contributed by atoms with E-state index in [2.05, 4.69) is 0 Å². The second kappa shape index (κ2) is 3.63. The first-order valence-corrected chi connectivity index (χ1v) is 3.95. The van der Waals surface area contributed by atoms with Crippen LogP contribution in [0.4, 0.5) is 0 Å². The van der Waals surface area contributed by atoms with E-state index >= 15 is 0 Å². The average molecular weight is 171 g/mol. The summed E-state index contributed by atoms with van der Waals surface area (Å²) < 4.78 is 5.05. The van der Waals surface area contributed by atoms with Crippen molar-refractivity contribution in [2.45, 2.75) is 12.3 Å². The first-order valence-electron chi connectivity index (χ1n) is 3.52. The first-order chi connectivity index (χ1) is 5.24. The summed E-state index contributed by atoms with van der Waals surface area (Å²) in [6, 6.07) is 7.77. The molecule has 0 spiro atoms. The Morgan fingerprint density at radius 3 is 2.73 bits per heavy atom. The maximum atomic E-state index is 5.88. The topological polar surface area (TPSA) is 9.23 Å². The predicted molar refractivity (Wildman–Crippen MR) is 47.3 cm³/mol. The lowest BCUT2D eigenvalue weighted by molar-refractivity contribution is 0.414. The van der Waals surface area contributed by atoms with E-state index in [1.807, 2.05) is 31.2 Å². The molecule has 0 aliphatic rings. The molecule has 0 bridgehead atoms. The fourth-order valence-corrected chi connectivity index (χ4v) is 1.02. The van der Waals surface area contributed by atoms with Crippen molar-refractivity contribution < 1.29 is 4.74 Å². The van der Waals surface area contributed by atoms with E-state index in [0.717, 1.165) is 11.3 Å². The van der Waals surface area contributed by atoms with Crippen LogP contribution in [-0.4, -0.2) is 7.11 Å². The summed E-state index contributed by atoms with van der Waals surface area (Å²) in [6.07, 6.45) is 0. The molecule has 1 rings (SSSR count). The third-order valence-electron chi connectivity index (χ3n) is 1.55. The smallest absolute Gasteiger partial charge is 0.119 e. The zero-order chi connectivity index (χ0) is 8.27. The van der Waals surface area contributed by atoms with Crippen molar-refractivity contribution in [3.8, 4) is 5.75 Å². The Hall–Kier alpha value is -0.690. The molecule has 0 heterocycles. The molecule has 2 heteroatoms. The number of rotatable bonds is 2. The lowest BCUT2D eigenvalue weighted by atomic mass is 10.1. The summed E-state index contributed by atoms with van der Waals surface area (Å²) in [4.78, 5) is 0. The van der Waals surface area contributed by atoms with Crippen LogP contribution in [0.15, 0.2) is 24.3 Å². The number of halogens is 1. The van der Waals surface area contributed by atoms with Crippen molar-refractivity contribution in [3.63, 3.8) is 0 Å². The van der Waals surface area contributed by atoms with Gasteiger partial charge in [0.15, 0.2) is 0 Å². The summed E-state index contributed by atoms with van der Waals surface area (Å²) in [5, 5.41) is 0.0464. The molecule has 0 radical (unpaired) electrons. The van der Waals surface area contributed by atoms with Crippen LogP contribution < -0.4 is 4.74 Å². The maximum Gasteiger partial charge on any atom is 0.119 e. The lowest BCUT2D eigenvalue weighted by Crippen LogP contribution is -1.86. The molecule has 0 aliphatic carbocycles. The van der Waals surface area contributed by atoms with Gasteiger partial charge >= 0.3 is 0 Å². The molecule has 60 valence electrons. The van der Waals surface area contributed by atoms with Gasteiger partial charge in [-0.3, -0.25) is 0 Å². The highest BCUT2D eigenvalue weighted by Crippen LogP contribution is 2.22. The third-order valence-corrected chi connectivity index (χ3v) is 1.81. The van der Waals surface area contributed by atoms with Gasteiger partial charge in [0.1, 0.15) is 5.75 Å². The van der Waals surface area contributed by atoms with E-state index < -0.39 is 0 Å². The van der Waals surface area contributed by atoms with Crippen molar-refractivity contribution in [1.29, 1.82) is 0 Å². The van der Waals surface area contributed by atoms with Crippen LogP contribution in [-0.2, 0) is 0 Å². The van der Waals surface area contributed by atoms with Gasteiger partial charge in [-0.1, -0.05) is 12.1 Å². The Bertz CT molecular complexity index is 233. The Morgan fingerprint density at radius 1 is 1.45 bits per heavy atom. The standard InChI is InChI=1S/C9H11ClO/c1-7(10)8-4-3-5-9(6-8)11-2/h3-7H,1-2H3/t7-/m1/s1. The summed E-state index contributed by atoms with van der Waals surface area (Å²) >= 11 is 5.88. The van der Waals surface area contributed by atoms with Crippen LogP contribution in [0.5, 0.6) is 5.75 Å². The zero-order valence-corrected chi connectivity index (χ0v) is 7.43. The van der Waals surface area contributed by atoms with E-state index in [1.165, 1.54) is 0 Å². The molecule has 1 aromatic rings. The summed E-state index contributed by atoms with van der Waals surface area (Å²) in [5.41, 5.74) is 1.09. The van der Waals surface area contributed by atoms with Crippen LogP contribution in [0.3, 0.4) is 0 Å². The molecular weight excluding hydrogens is 160 g/mol. The number of alkyl halides is 1. The van der Waals surface area contributed by atoms with Crippen molar-refractivity contribution in [2.24, 2.45) is 0 Å². The molecule has 0 aromatic heterocycles. The largest absolute Gasteiger partial charge is 0.497 e. The Balaban J connectivity index is 2.91. The van der Waals surface area contributed by atoms with Gasteiger partial charge in [0.05, 0.1) is 12.5 Å². The number of methoxy groups -OCH3 is 1. The monoisotopic (exact) mass is 170 g/mol. The Kier molecular flexibility index (Phi) is 2.77. The first kappa shape index (κ1) is 8.41. The van der Waals surface area contributed by atoms with Crippen LogP contribution >= 0.6 is 11.6 Å². The summed E-state index contributed by atoms with van der Waals surface area (Å²) in [6.45, 7) is 1.94. The van der Waals surface area contributed by atoms with Crippen LogP contribution in [0.1, 0.15) is 17.9 Å². The molecule has 0 saturated carbocycles. The Labute approximate surface area is 71.9 Å². The molecular formula is C9H11ClO. The highest BCUT2D eigenvalue weighted by atomic mass is 35.5. The molecule has 1 atom stereocenters. The van der Waals surface area contributed by atoms with Crippen molar-refractivity contribution in [3.05, 3.63) is 29.8 Å². The third kappa shape index (κ3) is 2.12. The van der Waals surface area contributed by atoms with Gasteiger partial charge in [-0.25, -0.2) is 0 Å². The van der Waals surface area contributed by atoms with Gasteiger partial charge in [-0.2, -0.15) is 0 Å². The molecule has 0 amide bonds. The minimum Gasteiger partial charge on any atom is -0.497 e. The number of hydrogen-bond acceptors (Lipinski definition) is 1. The fourth-order valence-electron chi connectivity index (χ4n) is 0.889. The van der Waals surface area contributed by atoms with Gasteiger partial charge in [0.25, 0.3) is 0 Å². The van der Waals surface area contributed by atoms with E-state index in [9.17, 15) is 0 Å². The molecule has 11 heavy (non-hydrogen) atoms.